The maximum atomic E-state index is 12.2. The highest BCUT2D eigenvalue weighted by atomic mass is 32.2. The summed E-state index contributed by atoms with van der Waals surface area (Å²) in [7, 11) is -3.79. The van der Waals surface area contributed by atoms with Gasteiger partial charge >= 0.3 is 0 Å². The smallest absolute Gasteiger partial charge is 0.263 e. The second-order valence-electron chi connectivity index (χ2n) is 5.22. The zero-order valence-corrected chi connectivity index (χ0v) is 13.9. The fourth-order valence-electron chi connectivity index (χ4n) is 2.04. The van der Waals surface area contributed by atoms with Crippen LogP contribution in [0.2, 0.25) is 0 Å². The summed E-state index contributed by atoms with van der Waals surface area (Å²) in [6.07, 6.45) is -0.262. The third kappa shape index (κ3) is 4.32. The molecule has 1 atom stereocenters. The molecule has 0 spiro atoms. The Morgan fingerprint density at radius 2 is 1.55 bits per heavy atom. The van der Waals surface area contributed by atoms with Crippen molar-refractivity contribution in [3.8, 4) is 0 Å². The number of nitrogens with zero attached hydrogens (tertiary/aromatic N) is 3. The van der Waals surface area contributed by atoms with E-state index in [0.717, 1.165) is 5.56 Å². The molecule has 0 saturated carbocycles. The van der Waals surface area contributed by atoms with Gasteiger partial charge in [-0.15, -0.1) is 0 Å². The van der Waals surface area contributed by atoms with Crippen LogP contribution in [0.5, 0.6) is 0 Å². The normalized spacial score (nSPS) is 13.1. The number of aryl methyl sites for hydroxylation is 3. The van der Waals surface area contributed by atoms with Crippen LogP contribution < -0.4 is 0 Å². The third-order valence-corrected chi connectivity index (χ3v) is 4.41. The lowest BCUT2D eigenvalue weighted by Crippen LogP contribution is -2.19. The van der Waals surface area contributed by atoms with E-state index in [4.69, 9.17) is 4.18 Å². The van der Waals surface area contributed by atoms with Gasteiger partial charge in [0, 0.05) is 6.42 Å². The van der Waals surface area contributed by atoms with Gasteiger partial charge in [0.1, 0.15) is 17.5 Å². The number of hydrogen-bond acceptors (Lipinski definition) is 6. The number of rotatable bonds is 5. The van der Waals surface area contributed by atoms with Gasteiger partial charge < -0.3 is 0 Å². The maximum absolute atomic E-state index is 12.2. The molecule has 1 heterocycles. The molecule has 0 aliphatic carbocycles. The first-order valence-electron chi connectivity index (χ1n) is 6.94. The Balaban J connectivity index is 2.10. The van der Waals surface area contributed by atoms with E-state index in [1.165, 1.54) is 12.1 Å². The predicted octanol–water partition coefficient (Wildman–Crippen LogP) is 2.13. The van der Waals surface area contributed by atoms with Crippen molar-refractivity contribution in [2.45, 2.75) is 45.1 Å². The van der Waals surface area contributed by atoms with Crippen molar-refractivity contribution in [3.05, 3.63) is 47.3 Å². The van der Waals surface area contributed by atoms with Crippen molar-refractivity contribution >= 4 is 10.1 Å². The summed E-state index contributed by atoms with van der Waals surface area (Å²) < 4.78 is 29.6. The maximum Gasteiger partial charge on any atom is 0.297 e. The molecule has 0 fully saturated rings. The Morgan fingerprint density at radius 3 is 2.09 bits per heavy atom. The standard InChI is InChI=1S/C15H19N3O3S/c1-10-5-7-14(8-6-10)22(19,20)21-11(2)9-15-17-12(3)16-13(4)18-15/h5-8,11H,9H2,1-4H3. The molecule has 0 amide bonds. The molecule has 2 aromatic rings. The molecule has 1 aromatic carbocycles. The van der Waals surface area contributed by atoms with Crippen LogP contribution in [0.3, 0.4) is 0 Å². The molecule has 0 aliphatic rings. The molecule has 22 heavy (non-hydrogen) atoms. The minimum Gasteiger partial charge on any atom is -0.263 e. The summed E-state index contributed by atoms with van der Waals surface area (Å²) in [5, 5.41) is 0. The lowest BCUT2D eigenvalue weighted by atomic mass is 10.2. The fourth-order valence-corrected chi connectivity index (χ4v) is 3.12. The van der Waals surface area contributed by atoms with E-state index in [1.54, 1.807) is 32.9 Å². The van der Waals surface area contributed by atoms with Crippen LogP contribution in [-0.2, 0) is 20.7 Å². The van der Waals surface area contributed by atoms with Crippen LogP contribution in [0.4, 0.5) is 0 Å². The molecule has 0 radical (unpaired) electrons. The summed E-state index contributed by atoms with van der Waals surface area (Å²) in [4.78, 5) is 12.6. The zero-order valence-electron chi connectivity index (χ0n) is 13.1. The summed E-state index contributed by atoms with van der Waals surface area (Å²) >= 11 is 0. The molecule has 7 heteroatoms. The van der Waals surface area contributed by atoms with E-state index in [-0.39, 0.29) is 4.90 Å². The van der Waals surface area contributed by atoms with Gasteiger partial charge in [-0.25, -0.2) is 15.0 Å². The van der Waals surface area contributed by atoms with E-state index in [1.807, 2.05) is 6.92 Å². The minimum absolute atomic E-state index is 0.146. The van der Waals surface area contributed by atoms with E-state index in [2.05, 4.69) is 15.0 Å². The highest BCUT2D eigenvalue weighted by molar-refractivity contribution is 7.86. The van der Waals surface area contributed by atoms with Crippen molar-refractivity contribution in [2.24, 2.45) is 0 Å². The zero-order chi connectivity index (χ0) is 16.3. The lowest BCUT2D eigenvalue weighted by Gasteiger charge is -2.13. The molecule has 6 nitrogen and oxygen atoms in total. The van der Waals surface area contributed by atoms with Crippen LogP contribution in [0.15, 0.2) is 29.2 Å². The van der Waals surface area contributed by atoms with Gasteiger partial charge in [-0.05, 0) is 39.8 Å². The van der Waals surface area contributed by atoms with Crippen molar-refractivity contribution in [3.63, 3.8) is 0 Å². The molecule has 2 rings (SSSR count). The summed E-state index contributed by atoms with van der Waals surface area (Å²) in [5.74, 6) is 1.74. The number of aromatic nitrogens is 3. The molecule has 118 valence electrons. The van der Waals surface area contributed by atoms with Crippen molar-refractivity contribution < 1.29 is 12.6 Å². The van der Waals surface area contributed by atoms with Gasteiger partial charge in [0.25, 0.3) is 10.1 Å². The molecule has 0 aliphatic heterocycles. The predicted molar refractivity (Wildman–Crippen MR) is 81.9 cm³/mol. The van der Waals surface area contributed by atoms with E-state index in [9.17, 15) is 8.42 Å². The Labute approximate surface area is 130 Å². The van der Waals surface area contributed by atoms with Crippen LogP contribution in [-0.4, -0.2) is 29.5 Å². The third-order valence-electron chi connectivity index (χ3n) is 2.98. The molecule has 1 unspecified atom stereocenters. The summed E-state index contributed by atoms with van der Waals surface area (Å²) in [5.41, 5.74) is 0.989. The average Bonchev–Trinajstić information content (AvgIpc) is 2.36. The largest absolute Gasteiger partial charge is 0.297 e. The topological polar surface area (TPSA) is 82.0 Å². The van der Waals surface area contributed by atoms with Crippen LogP contribution in [0.25, 0.3) is 0 Å². The Bertz CT molecular complexity index is 738. The Morgan fingerprint density at radius 1 is 1.00 bits per heavy atom. The fraction of sp³-hybridized carbons (Fsp3) is 0.400. The Hall–Kier alpha value is -1.86. The first-order chi connectivity index (χ1) is 10.3. The quantitative estimate of drug-likeness (QED) is 0.785. The van der Waals surface area contributed by atoms with Crippen molar-refractivity contribution in [2.75, 3.05) is 0 Å². The minimum atomic E-state index is -3.79. The lowest BCUT2D eigenvalue weighted by molar-refractivity contribution is 0.226. The summed E-state index contributed by atoms with van der Waals surface area (Å²) in [6.45, 7) is 7.12. The van der Waals surface area contributed by atoms with Crippen LogP contribution >= 0.6 is 0 Å². The van der Waals surface area contributed by atoms with Crippen molar-refractivity contribution in [1.82, 2.24) is 15.0 Å². The van der Waals surface area contributed by atoms with Gasteiger partial charge in [-0.3, -0.25) is 4.18 Å². The highest BCUT2D eigenvalue weighted by Crippen LogP contribution is 2.16. The first kappa shape index (κ1) is 16.5. The molecular weight excluding hydrogens is 302 g/mol. The van der Waals surface area contributed by atoms with E-state index >= 15 is 0 Å². The SMILES string of the molecule is Cc1ccc(S(=O)(=O)OC(C)Cc2nc(C)nc(C)n2)cc1. The second-order valence-corrected chi connectivity index (χ2v) is 6.80. The molecule has 0 N–H and O–H groups in total. The summed E-state index contributed by atoms with van der Waals surface area (Å²) in [6, 6.07) is 6.54. The Kier molecular flexibility index (Phi) is 4.87. The van der Waals surface area contributed by atoms with Gasteiger partial charge in [0.05, 0.1) is 11.0 Å². The van der Waals surface area contributed by atoms with Gasteiger partial charge in [-0.1, -0.05) is 17.7 Å². The number of benzene rings is 1. The molecule has 0 bridgehead atoms. The second kappa shape index (κ2) is 6.50. The van der Waals surface area contributed by atoms with Crippen molar-refractivity contribution in [1.29, 1.82) is 0 Å². The molecular formula is C15H19N3O3S. The van der Waals surface area contributed by atoms with Gasteiger partial charge in [-0.2, -0.15) is 8.42 Å². The highest BCUT2D eigenvalue weighted by Gasteiger charge is 2.20. The van der Waals surface area contributed by atoms with Crippen LogP contribution in [0.1, 0.15) is 30.0 Å². The number of hydrogen-bond donors (Lipinski definition) is 0. The van der Waals surface area contributed by atoms with Crippen LogP contribution in [0, 0.1) is 20.8 Å². The molecule has 1 aromatic heterocycles. The van der Waals surface area contributed by atoms with E-state index in [0.29, 0.717) is 23.9 Å². The first-order valence-corrected chi connectivity index (χ1v) is 8.35. The van der Waals surface area contributed by atoms with Gasteiger partial charge in [0.2, 0.25) is 0 Å². The van der Waals surface area contributed by atoms with Gasteiger partial charge in [0.15, 0.2) is 0 Å². The monoisotopic (exact) mass is 321 g/mol. The van der Waals surface area contributed by atoms with E-state index < -0.39 is 16.2 Å². The average molecular weight is 321 g/mol. The molecule has 0 saturated heterocycles.